The lowest BCUT2D eigenvalue weighted by atomic mass is 10.3. The molecule has 5 nitrogen and oxygen atoms in total. The van der Waals surface area contributed by atoms with Gasteiger partial charge in [-0.05, 0) is 23.6 Å². The lowest BCUT2D eigenvalue weighted by Crippen LogP contribution is -2.16. The van der Waals surface area contributed by atoms with Crippen molar-refractivity contribution in [3.8, 4) is 6.07 Å². The van der Waals surface area contributed by atoms with Crippen molar-refractivity contribution in [2.75, 3.05) is 10.5 Å². The molecule has 0 atom stereocenters. The average Bonchev–Trinajstić information content (AvgIpc) is 2.74. The van der Waals surface area contributed by atoms with Crippen LogP contribution in [0.2, 0.25) is 0 Å². The summed E-state index contributed by atoms with van der Waals surface area (Å²) >= 11 is 1.03. The molecule has 1 aromatic carbocycles. The van der Waals surface area contributed by atoms with Crippen LogP contribution in [0, 0.1) is 17.1 Å². The molecule has 0 saturated carbocycles. The Bertz CT molecular complexity index is 742. The Morgan fingerprint density at radius 1 is 1.37 bits per heavy atom. The third kappa shape index (κ3) is 2.52. The number of nitrogens with one attached hydrogen (secondary N) is 1. The van der Waals surface area contributed by atoms with Crippen LogP contribution in [-0.2, 0) is 10.0 Å². The van der Waals surface area contributed by atoms with Crippen LogP contribution in [0.4, 0.5) is 15.1 Å². The lowest BCUT2D eigenvalue weighted by molar-refractivity contribution is 0.572. The van der Waals surface area contributed by atoms with Gasteiger partial charge < -0.3 is 5.73 Å². The van der Waals surface area contributed by atoms with Gasteiger partial charge in [0.15, 0.2) is 0 Å². The van der Waals surface area contributed by atoms with Crippen molar-refractivity contribution in [3.63, 3.8) is 0 Å². The van der Waals surface area contributed by atoms with Crippen LogP contribution in [0.25, 0.3) is 0 Å². The van der Waals surface area contributed by atoms with Gasteiger partial charge in [-0.2, -0.15) is 5.26 Å². The van der Waals surface area contributed by atoms with Gasteiger partial charge in [0.1, 0.15) is 21.8 Å². The van der Waals surface area contributed by atoms with Crippen molar-refractivity contribution in [2.45, 2.75) is 4.90 Å². The molecule has 0 amide bonds. The maximum absolute atomic E-state index is 13.6. The number of nitrogens with two attached hydrogens (primary N) is 1. The Hall–Kier alpha value is -2.11. The van der Waals surface area contributed by atoms with Crippen LogP contribution in [0.3, 0.4) is 0 Å². The molecule has 1 aromatic heterocycles. The number of nitriles is 1. The van der Waals surface area contributed by atoms with E-state index in [1.807, 2.05) is 6.07 Å². The quantitative estimate of drug-likeness (QED) is 0.848. The van der Waals surface area contributed by atoms with Crippen molar-refractivity contribution in [2.24, 2.45) is 0 Å². The van der Waals surface area contributed by atoms with Gasteiger partial charge in [0.2, 0.25) is 0 Å². The number of nitrogens with zero attached hydrogens (tertiary/aromatic N) is 1. The third-order valence-electron chi connectivity index (χ3n) is 2.28. The van der Waals surface area contributed by atoms with Crippen molar-refractivity contribution in [1.82, 2.24) is 0 Å². The molecule has 0 saturated heterocycles. The fourth-order valence-corrected chi connectivity index (χ4v) is 3.72. The van der Waals surface area contributed by atoms with Crippen LogP contribution < -0.4 is 10.5 Å². The van der Waals surface area contributed by atoms with E-state index in [1.165, 1.54) is 18.2 Å². The minimum atomic E-state index is -4.17. The van der Waals surface area contributed by atoms with Gasteiger partial charge in [0, 0.05) is 0 Å². The van der Waals surface area contributed by atoms with Crippen LogP contribution in [0.5, 0.6) is 0 Å². The molecule has 0 bridgehead atoms. The summed E-state index contributed by atoms with van der Waals surface area (Å²) in [6.07, 6.45) is 0. The standard InChI is InChI=1S/C11H8FN3O2S2/c12-8-2-1-3-9(14)10(8)19(16,17)15-11-7(6-13)4-5-18-11/h1-5,15H,14H2. The molecule has 0 aliphatic rings. The predicted molar refractivity (Wildman–Crippen MR) is 70.7 cm³/mol. The van der Waals surface area contributed by atoms with Crippen molar-refractivity contribution in [3.05, 3.63) is 41.0 Å². The van der Waals surface area contributed by atoms with Gasteiger partial charge in [-0.1, -0.05) is 6.07 Å². The number of hydrogen-bond acceptors (Lipinski definition) is 5. The molecule has 0 spiro atoms. The van der Waals surface area contributed by atoms with E-state index < -0.39 is 20.7 Å². The summed E-state index contributed by atoms with van der Waals surface area (Å²) in [5.74, 6) is -0.942. The van der Waals surface area contributed by atoms with E-state index in [-0.39, 0.29) is 16.3 Å². The number of sulfonamides is 1. The summed E-state index contributed by atoms with van der Waals surface area (Å²) in [5, 5.41) is 10.5. The Labute approximate surface area is 113 Å². The van der Waals surface area contributed by atoms with Crippen molar-refractivity contribution in [1.29, 1.82) is 5.26 Å². The first-order valence-corrected chi connectivity index (χ1v) is 7.36. The zero-order valence-electron chi connectivity index (χ0n) is 9.42. The van der Waals surface area contributed by atoms with Crippen LogP contribution in [0.15, 0.2) is 34.5 Å². The second kappa shape index (κ2) is 4.87. The number of halogens is 1. The fraction of sp³-hybridized carbons (Fsp3) is 0. The van der Waals surface area contributed by atoms with Crippen LogP contribution >= 0.6 is 11.3 Å². The maximum Gasteiger partial charge on any atom is 0.267 e. The highest BCUT2D eigenvalue weighted by Crippen LogP contribution is 2.28. The van der Waals surface area contributed by atoms with E-state index in [1.54, 1.807) is 5.38 Å². The third-order valence-corrected chi connectivity index (χ3v) is 4.68. The van der Waals surface area contributed by atoms with Gasteiger partial charge in [0.25, 0.3) is 10.0 Å². The minimum absolute atomic E-state index is 0.130. The van der Waals surface area contributed by atoms with E-state index in [2.05, 4.69) is 4.72 Å². The average molecular weight is 297 g/mol. The highest BCUT2D eigenvalue weighted by Gasteiger charge is 2.23. The summed E-state index contributed by atoms with van der Waals surface area (Å²) in [6, 6.07) is 6.91. The molecule has 0 aliphatic carbocycles. The van der Waals surface area contributed by atoms with Gasteiger partial charge in [-0.3, -0.25) is 4.72 Å². The molecule has 2 aromatic rings. The second-order valence-corrected chi connectivity index (χ2v) is 6.07. The van der Waals surface area contributed by atoms with E-state index >= 15 is 0 Å². The molecule has 0 radical (unpaired) electrons. The topological polar surface area (TPSA) is 96.0 Å². The highest BCUT2D eigenvalue weighted by molar-refractivity contribution is 7.93. The molecule has 0 aliphatic heterocycles. The SMILES string of the molecule is N#Cc1ccsc1NS(=O)(=O)c1c(N)cccc1F. The first-order chi connectivity index (χ1) is 8.95. The number of benzene rings is 1. The van der Waals surface area contributed by atoms with Gasteiger partial charge >= 0.3 is 0 Å². The minimum Gasteiger partial charge on any atom is -0.398 e. The molecular formula is C11H8FN3O2S2. The Kier molecular flexibility index (Phi) is 3.42. The van der Waals surface area contributed by atoms with Gasteiger partial charge in [-0.15, -0.1) is 11.3 Å². The predicted octanol–water partition coefficient (Wildman–Crippen LogP) is 2.14. The molecule has 2 rings (SSSR count). The number of nitrogen functional groups attached to an aromatic ring is 1. The largest absolute Gasteiger partial charge is 0.398 e. The molecule has 98 valence electrons. The van der Waals surface area contributed by atoms with E-state index in [0.717, 1.165) is 17.4 Å². The molecule has 3 N–H and O–H groups in total. The monoisotopic (exact) mass is 297 g/mol. The van der Waals surface area contributed by atoms with E-state index in [9.17, 15) is 12.8 Å². The first kappa shape index (κ1) is 13.3. The number of anilines is 2. The smallest absolute Gasteiger partial charge is 0.267 e. The Balaban J connectivity index is 2.48. The van der Waals surface area contributed by atoms with E-state index in [4.69, 9.17) is 11.0 Å². The molecular weight excluding hydrogens is 289 g/mol. The zero-order valence-corrected chi connectivity index (χ0v) is 11.1. The first-order valence-electron chi connectivity index (χ1n) is 5.00. The zero-order chi connectivity index (χ0) is 14.0. The van der Waals surface area contributed by atoms with E-state index in [0.29, 0.717) is 0 Å². The second-order valence-electron chi connectivity index (χ2n) is 3.54. The Morgan fingerprint density at radius 3 is 2.74 bits per heavy atom. The van der Waals surface area contributed by atoms with Crippen molar-refractivity contribution < 1.29 is 12.8 Å². The summed E-state index contributed by atoms with van der Waals surface area (Å²) < 4.78 is 39.9. The summed E-state index contributed by atoms with van der Waals surface area (Å²) in [5.41, 5.74) is 5.46. The van der Waals surface area contributed by atoms with Gasteiger partial charge in [0.05, 0.1) is 11.3 Å². The summed E-state index contributed by atoms with van der Waals surface area (Å²) in [7, 11) is -4.17. The number of rotatable bonds is 3. The Morgan fingerprint density at radius 2 is 2.11 bits per heavy atom. The fourth-order valence-electron chi connectivity index (χ4n) is 1.46. The molecule has 1 heterocycles. The number of hydrogen-bond donors (Lipinski definition) is 2. The number of thiophene rings is 1. The molecule has 0 fully saturated rings. The van der Waals surface area contributed by atoms with Crippen molar-refractivity contribution >= 4 is 32.0 Å². The van der Waals surface area contributed by atoms with Crippen LogP contribution in [-0.4, -0.2) is 8.42 Å². The summed E-state index contributed by atoms with van der Waals surface area (Å²) in [6.45, 7) is 0. The summed E-state index contributed by atoms with van der Waals surface area (Å²) in [4.78, 5) is -0.618. The highest BCUT2D eigenvalue weighted by atomic mass is 32.2. The molecule has 0 unspecified atom stereocenters. The van der Waals surface area contributed by atoms with Crippen LogP contribution in [0.1, 0.15) is 5.56 Å². The lowest BCUT2D eigenvalue weighted by Gasteiger charge is -2.09. The maximum atomic E-state index is 13.6. The van der Waals surface area contributed by atoms with Gasteiger partial charge in [-0.25, -0.2) is 12.8 Å². The molecule has 8 heteroatoms. The normalized spacial score (nSPS) is 10.9. The molecule has 19 heavy (non-hydrogen) atoms.